The first-order chi connectivity index (χ1) is 8.56. The minimum atomic E-state index is -0.0125. The van der Waals surface area contributed by atoms with Gasteiger partial charge in [0.05, 0.1) is 11.7 Å². The van der Waals surface area contributed by atoms with E-state index in [2.05, 4.69) is 5.32 Å². The number of benzene rings is 1. The lowest BCUT2D eigenvalue weighted by molar-refractivity contribution is 0.0790. The number of para-hydroxylation sites is 1. The van der Waals surface area contributed by atoms with Crippen LogP contribution in [0.1, 0.15) is 24.2 Å². The molecule has 0 radical (unpaired) electrons. The zero-order valence-corrected chi connectivity index (χ0v) is 12.8. The maximum absolute atomic E-state index is 12.3. The van der Waals surface area contributed by atoms with E-state index in [-0.39, 0.29) is 24.4 Å². The number of nitrogens with zero attached hydrogens (tertiary/aromatic N) is 1. The third kappa shape index (κ3) is 5.49. The van der Waals surface area contributed by atoms with Gasteiger partial charge in [-0.1, -0.05) is 12.1 Å². The molecule has 1 rings (SSSR count). The lowest BCUT2D eigenvalue weighted by Gasteiger charge is -2.19. The van der Waals surface area contributed by atoms with Crippen molar-refractivity contribution in [2.75, 3.05) is 27.2 Å². The van der Waals surface area contributed by atoms with E-state index in [0.29, 0.717) is 17.9 Å². The maximum atomic E-state index is 12.3. The third-order valence-corrected chi connectivity index (χ3v) is 2.52. The molecule has 0 aliphatic rings. The van der Waals surface area contributed by atoms with Gasteiger partial charge in [0, 0.05) is 20.1 Å². The average Bonchev–Trinajstić information content (AvgIpc) is 2.35. The van der Waals surface area contributed by atoms with Crippen molar-refractivity contribution >= 4 is 18.3 Å². The second-order valence-electron chi connectivity index (χ2n) is 4.49. The van der Waals surface area contributed by atoms with Crippen molar-refractivity contribution in [2.24, 2.45) is 0 Å². The van der Waals surface area contributed by atoms with Crippen molar-refractivity contribution in [3.63, 3.8) is 0 Å². The molecule has 0 spiro atoms. The van der Waals surface area contributed by atoms with Gasteiger partial charge in [-0.3, -0.25) is 4.79 Å². The zero-order chi connectivity index (χ0) is 13.5. The number of nitrogens with one attached hydrogen (secondary N) is 1. The van der Waals surface area contributed by atoms with Crippen molar-refractivity contribution in [1.29, 1.82) is 0 Å². The van der Waals surface area contributed by atoms with Gasteiger partial charge in [-0.15, -0.1) is 12.4 Å². The van der Waals surface area contributed by atoms with E-state index < -0.39 is 0 Å². The summed E-state index contributed by atoms with van der Waals surface area (Å²) in [5.74, 6) is 0.635. The molecule has 0 aliphatic carbocycles. The molecule has 0 saturated heterocycles. The second-order valence-corrected chi connectivity index (χ2v) is 4.49. The van der Waals surface area contributed by atoms with Crippen LogP contribution < -0.4 is 10.1 Å². The normalized spacial score (nSPS) is 9.95. The predicted molar refractivity (Wildman–Crippen MR) is 80.3 cm³/mol. The third-order valence-electron chi connectivity index (χ3n) is 2.52. The van der Waals surface area contributed by atoms with Gasteiger partial charge in [-0.2, -0.15) is 0 Å². The number of ether oxygens (including phenoxy) is 1. The summed E-state index contributed by atoms with van der Waals surface area (Å²) in [6.45, 7) is 5.35. The molecule has 0 atom stereocenters. The van der Waals surface area contributed by atoms with Crippen LogP contribution in [0.25, 0.3) is 0 Å². The van der Waals surface area contributed by atoms with Gasteiger partial charge >= 0.3 is 0 Å². The Labute approximate surface area is 121 Å². The Kier molecular flexibility index (Phi) is 8.19. The SMILES string of the molecule is CNCCN(C)C(=O)c1ccccc1OC(C)C.Cl. The highest BCUT2D eigenvalue weighted by Crippen LogP contribution is 2.20. The molecule has 4 nitrogen and oxygen atoms in total. The fourth-order valence-corrected chi connectivity index (χ4v) is 1.59. The molecule has 0 fully saturated rings. The number of hydrogen-bond acceptors (Lipinski definition) is 3. The van der Waals surface area contributed by atoms with Crippen LogP contribution in [0.15, 0.2) is 24.3 Å². The van der Waals surface area contributed by atoms with E-state index in [1.54, 1.807) is 18.0 Å². The summed E-state index contributed by atoms with van der Waals surface area (Å²) in [5.41, 5.74) is 0.616. The van der Waals surface area contributed by atoms with Crippen LogP contribution in [0.5, 0.6) is 5.75 Å². The first kappa shape index (κ1) is 17.7. The first-order valence-electron chi connectivity index (χ1n) is 6.22. The molecule has 0 unspecified atom stereocenters. The number of likely N-dealkylation sites (N-methyl/N-ethyl adjacent to an activating group) is 2. The quantitative estimate of drug-likeness (QED) is 0.872. The highest BCUT2D eigenvalue weighted by molar-refractivity contribution is 5.96. The Hall–Kier alpha value is -1.26. The minimum Gasteiger partial charge on any atom is -0.490 e. The van der Waals surface area contributed by atoms with Gasteiger partial charge in [0.15, 0.2) is 0 Å². The van der Waals surface area contributed by atoms with Crippen LogP contribution in [0.4, 0.5) is 0 Å². The monoisotopic (exact) mass is 286 g/mol. The van der Waals surface area contributed by atoms with Crippen LogP contribution in [-0.4, -0.2) is 44.1 Å². The Bertz CT molecular complexity index is 397. The smallest absolute Gasteiger partial charge is 0.257 e. The largest absolute Gasteiger partial charge is 0.490 e. The van der Waals surface area contributed by atoms with Crippen LogP contribution in [-0.2, 0) is 0 Å². The summed E-state index contributed by atoms with van der Waals surface area (Å²) < 4.78 is 5.66. The number of carbonyl (C=O) groups is 1. The van der Waals surface area contributed by atoms with Gasteiger partial charge in [0.1, 0.15) is 5.75 Å². The molecular formula is C14H23ClN2O2. The van der Waals surface area contributed by atoms with E-state index in [9.17, 15) is 4.79 Å². The number of rotatable bonds is 6. The highest BCUT2D eigenvalue weighted by atomic mass is 35.5. The van der Waals surface area contributed by atoms with E-state index in [1.165, 1.54) is 0 Å². The molecule has 5 heteroatoms. The van der Waals surface area contributed by atoms with Gasteiger partial charge < -0.3 is 15.0 Å². The molecule has 19 heavy (non-hydrogen) atoms. The van der Waals surface area contributed by atoms with Crippen LogP contribution in [0.3, 0.4) is 0 Å². The van der Waals surface area contributed by atoms with E-state index in [1.807, 2.05) is 39.1 Å². The molecule has 0 aliphatic heterocycles. The molecule has 1 N–H and O–H groups in total. The minimum absolute atomic E-state index is 0. The van der Waals surface area contributed by atoms with Gasteiger partial charge in [-0.25, -0.2) is 0 Å². The highest BCUT2D eigenvalue weighted by Gasteiger charge is 2.16. The summed E-state index contributed by atoms with van der Waals surface area (Å²) in [7, 11) is 3.67. The van der Waals surface area contributed by atoms with Crippen molar-refractivity contribution in [3.05, 3.63) is 29.8 Å². The molecular weight excluding hydrogens is 264 g/mol. The first-order valence-corrected chi connectivity index (χ1v) is 6.22. The van der Waals surface area contributed by atoms with E-state index in [4.69, 9.17) is 4.74 Å². The summed E-state index contributed by atoms with van der Waals surface area (Å²) in [6, 6.07) is 7.36. The summed E-state index contributed by atoms with van der Waals surface area (Å²) in [5, 5.41) is 3.03. The predicted octanol–water partition coefficient (Wildman–Crippen LogP) is 2.19. The average molecular weight is 287 g/mol. The van der Waals surface area contributed by atoms with Crippen LogP contribution in [0.2, 0.25) is 0 Å². The topological polar surface area (TPSA) is 41.6 Å². The Morgan fingerprint density at radius 3 is 2.58 bits per heavy atom. The summed E-state index contributed by atoms with van der Waals surface area (Å²) in [4.78, 5) is 14.0. The molecule has 1 aromatic rings. The van der Waals surface area contributed by atoms with E-state index >= 15 is 0 Å². The molecule has 0 bridgehead atoms. The standard InChI is InChI=1S/C14H22N2O2.ClH/c1-11(2)18-13-8-6-5-7-12(13)14(17)16(4)10-9-15-3;/h5-8,11,15H,9-10H2,1-4H3;1H. The maximum Gasteiger partial charge on any atom is 0.257 e. The molecule has 1 aromatic carbocycles. The second kappa shape index (κ2) is 8.77. The lowest BCUT2D eigenvalue weighted by atomic mass is 10.1. The van der Waals surface area contributed by atoms with Crippen LogP contribution in [0, 0.1) is 0 Å². The molecule has 0 aromatic heterocycles. The summed E-state index contributed by atoms with van der Waals surface area (Å²) in [6.07, 6.45) is 0.0570. The Morgan fingerprint density at radius 1 is 1.37 bits per heavy atom. The fourth-order valence-electron chi connectivity index (χ4n) is 1.59. The molecule has 0 saturated carbocycles. The van der Waals surface area contributed by atoms with E-state index in [0.717, 1.165) is 6.54 Å². The van der Waals surface area contributed by atoms with Crippen molar-refractivity contribution in [2.45, 2.75) is 20.0 Å². The van der Waals surface area contributed by atoms with Gasteiger partial charge in [0.2, 0.25) is 0 Å². The number of halogens is 1. The number of carbonyl (C=O) groups excluding carboxylic acids is 1. The zero-order valence-electron chi connectivity index (χ0n) is 12.0. The Morgan fingerprint density at radius 2 is 2.00 bits per heavy atom. The number of hydrogen-bond donors (Lipinski definition) is 1. The summed E-state index contributed by atoms with van der Waals surface area (Å²) >= 11 is 0. The van der Waals surface area contributed by atoms with Crippen molar-refractivity contribution in [1.82, 2.24) is 10.2 Å². The fraction of sp³-hybridized carbons (Fsp3) is 0.500. The number of amides is 1. The molecule has 1 amide bonds. The molecule has 108 valence electrons. The molecule has 0 heterocycles. The Balaban J connectivity index is 0.00000324. The lowest BCUT2D eigenvalue weighted by Crippen LogP contribution is -2.33. The van der Waals surface area contributed by atoms with Gasteiger partial charge in [-0.05, 0) is 33.0 Å². The van der Waals surface area contributed by atoms with Crippen molar-refractivity contribution in [3.8, 4) is 5.75 Å². The van der Waals surface area contributed by atoms with Crippen molar-refractivity contribution < 1.29 is 9.53 Å². The van der Waals surface area contributed by atoms with Crippen LogP contribution >= 0.6 is 12.4 Å². The van der Waals surface area contributed by atoms with Gasteiger partial charge in [0.25, 0.3) is 5.91 Å².